The molecule has 2 aromatic rings. The van der Waals surface area contributed by atoms with Gasteiger partial charge in [-0.25, -0.2) is 9.97 Å². The smallest absolute Gasteiger partial charge is 0.132 e. The zero-order valence-corrected chi connectivity index (χ0v) is 10.7. The fourth-order valence-corrected chi connectivity index (χ4v) is 1.59. The van der Waals surface area contributed by atoms with E-state index in [-0.39, 0.29) is 0 Å². The van der Waals surface area contributed by atoms with Crippen molar-refractivity contribution in [2.24, 2.45) is 0 Å². The Labute approximate surface area is 107 Å². The Balaban J connectivity index is 2.00. The van der Waals surface area contributed by atoms with Crippen molar-refractivity contribution < 1.29 is 4.42 Å². The molecular formula is C13H18N4O. The first kappa shape index (κ1) is 12.4. The molecule has 0 amide bonds. The lowest BCUT2D eigenvalue weighted by Crippen LogP contribution is -2.07. The summed E-state index contributed by atoms with van der Waals surface area (Å²) in [6.07, 6.45) is 4.45. The SMILES string of the molecule is CCCNc1cc(NCc2ccoc2)nc(C)n1. The number of aryl methyl sites for hydroxylation is 1. The van der Waals surface area contributed by atoms with Crippen molar-refractivity contribution in [2.45, 2.75) is 26.8 Å². The van der Waals surface area contributed by atoms with E-state index in [9.17, 15) is 0 Å². The Morgan fingerprint density at radius 3 is 2.67 bits per heavy atom. The monoisotopic (exact) mass is 246 g/mol. The highest BCUT2D eigenvalue weighted by Gasteiger charge is 2.01. The molecule has 0 aromatic carbocycles. The minimum atomic E-state index is 0.695. The summed E-state index contributed by atoms with van der Waals surface area (Å²) in [4.78, 5) is 8.68. The zero-order chi connectivity index (χ0) is 12.8. The first-order valence-electron chi connectivity index (χ1n) is 6.12. The predicted molar refractivity (Wildman–Crippen MR) is 71.6 cm³/mol. The largest absolute Gasteiger partial charge is 0.472 e. The van der Waals surface area contributed by atoms with Crippen LogP contribution in [0.3, 0.4) is 0 Å². The Hall–Kier alpha value is -2.04. The predicted octanol–water partition coefficient (Wildman–Crippen LogP) is 2.81. The second-order valence-corrected chi connectivity index (χ2v) is 4.10. The van der Waals surface area contributed by atoms with Crippen LogP contribution in [0, 0.1) is 6.92 Å². The molecule has 0 fully saturated rings. The summed E-state index contributed by atoms with van der Waals surface area (Å²) in [5.74, 6) is 2.44. The molecule has 5 heteroatoms. The van der Waals surface area contributed by atoms with Crippen molar-refractivity contribution in [3.8, 4) is 0 Å². The zero-order valence-electron chi connectivity index (χ0n) is 10.7. The van der Waals surface area contributed by atoms with Gasteiger partial charge < -0.3 is 15.1 Å². The van der Waals surface area contributed by atoms with Crippen LogP contribution in [0.2, 0.25) is 0 Å². The van der Waals surface area contributed by atoms with Crippen molar-refractivity contribution in [1.82, 2.24) is 9.97 Å². The van der Waals surface area contributed by atoms with E-state index in [0.717, 1.165) is 36.0 Å². The molecule has 0 aliphatic rings. The lowest BCUT2D eigenvalue weighted by Gasteiger charge is -2.08. The Morgan fingerprint density at radius 1 is 1.22 bits per heavy atom. The normalized spacial score (nSPS) is 10.3. The maximum Gasteiger partial charge on any atom is 0.132 e. The summed E-state index contributed by atoms with van der Waals surface area (Å²) in [5.41, 5.74) is 1.09. The van der Waals surface area contributed by atoms with Gasteiger partial charge in [0.1, 0.15) is 17.5 Å². The fourth-order valence-electron chi connectivity index (χ4n) is 1.59. The average molecular weight is 246 g/mol. The van der Waals surface area contributed by atoms with E-state index >= 15 is 0 Å². The van der Waals surface area contributed by atoms with E-state index in [2.05, 4.69) is 27.5 Å². The minimum absolute atomic E-state index is 0.695. The van der Waals surface area contributed by atoms with Crippen LogP contribution in [0.15, 0.2) is 29.1 Å². The van der Waals surface area contributed by atoms with Gasteiger partial charge in [-0.2, -0.15) is 0 Å². The molecule has 0 spiro atoms. The van der Waals surface area contributed by atoms with Gasteiger partial charge in [-0.3, -0.25) is 0 Å². The van der Waals surface area contributed by atoms with Crippen molar-refractivity contribution in [3.63, 3.8) is 0 Å². The third-order valence-corrected chi connectivity index (χ3v) is 2.45. The first-order chi connectivity index (χ1) is 8.78. The Bertz CT molecular complexity index is 482. The summed E-state index contributed by atoms with van der Waals surface area (Å²) in [6, 6.07) is 3.85. The number of nitrogens with zero attached hydrogens (tertiary/aromatic N) is 2. The van der Waals surface area contributed by atoms with Gasteiger partial charge in [0, 0.05) is 24.7 Å². The van der Waals surface area contributed by atoms with Gasteiger partial charge in [0.25, 0.3) is 0 Å². The van der Waals surface area contributed by atoms with Crippen LogP contribution in [0.25, 0.3) is 0 Å². The summed E-state index contributed by atoms with van der Waals surface area (Å²) in [7, 11) is 0. The van der Waals surface area contributed by atoms with E-state index in [4.69, 9.17) is 4.42 Å². The van der Waals surface area contributed by atoms with Crippen molar-refractivity contribution in [1.29, 1.82) is 0 Å². The topological polar surface area (TPSA) is 63.0 Å². The van der Waals surface area contributed by atoms with Crippen LogP contribution < -0.4 is 10.6 Å². The summed E-state index contributed by atoms with van der Waals surface area (Å²) in [5, 5.41) is 6.51. The van der Waals surface area contributed by atoms with E-state index < -0.39 is 0 Å². The van der Waals surface area contributed by atoms with Crippen LogP contribution >= 0.6 is 0 Å². The van der Waals surface area contributed by atoms with Crippen LogP contribution in [0.5, 0.6) is 0 Å². The summed E-state index contributed by atoms with van der Waals surface area (Å²) in [6.45, 7) is 5.62. The molecule has 0 aliphatic heterocycles. The molecule has 0 unspecified atom stereocenters. The molecule has 2 rings (SSSR count). The highest BCUT2D eigenvalue weighted by Crippen LogP contribution is 2.12. The molecule has 0 radical (unpaired) electrons. The third-order valence-electron chi connectivity index (χ3n) is 2.45. The second-order valence-electron chi connectivity index (χ2n) is 4.10. The van der Waals surface area contributed by atoms with E-state index in [0.29, 0.717) is 6.54 Å². The van der Waals surface area contributed by atoms with Gasteiger partial charge in [-0.1, -0.05) is 6.92 Å². The average Bonchev–Trinajstić information content (AvgIpc) is 2.86. The lowest BCUT2D eigenvalue weighted by atomic mass is 10.3. The van der Waals surface area contributed by atoms with E-state index in [1.165, 1.54) is 0 Å². The molecule has 5 nitrogen and oxygen atoms in total. The van der Waals surface area contributed by atoms with Crippen LogP contribution in [0.4, 0.5) is 11.6 Å². The number of anilines is 2. The summed E-state index contributed by atoms with van der Waals surface area (Å²) < 4.78 is 5.02. The van der Waals surface area contributed by atoms with Gasteiger partial charge in [0.15, 0.2) is 0 Å². The Morgan fingerprint density at radius 2 is 2.00 bits per heavy atom. The molecule has 2 N–H and O–H groups in total. The number of hydrogen-bond acceptors (Lipinski definition) is 5. The van der Waals surface area contributed by atoms with Crippen molar-refractivity contribution >= 4 is 11.6 Å². The molecule has 96 valence electrons. The van der Waals surface area contributed by atoms with Gasteiger partial charge in [-0.15, -0.1) is 0 Å². The molecule has 0 atom stereocenters. The van der Waals surface area contributed by atoms with E-state index in [1.54, 1.807) is 12.5 Å². The van der Waals surface area contributed by atoms with E-state index in [1.807, 2.05) is 19.1 Å². The van der Waals surface area contributed by atoms with Gasteiger partial charge in [0.2, 0.25) is 0 Å². The maximum atomic E-state index is 5.02. The van der Waals surface area contributed by atoms with Crippen LogP contribution in [0.1, 0.15) is 24.7 Å². The highest BCUT2D eigenvalue weighted by molar-refractivity contribution is 5.47. The third kappa shape index (κ3) is 3.48. The number of nitrogens with one attached hydrogen (secondary N) is 2. The molecule has 0 bridgehead atoms. The standard InChI is InChI=1S/C13H18N4O/c1-3-5-14-12-7-13(17-10(2)16-12)15-8-11-4-6-18-9-11/h4,6-7,9H,3,5,8H2,1-2H3,(H2,14,15,16,17). The second kappa shape index (κ2) is 6.05. The molecular weight excluding hydrogens is 228 g/mol. The number of aromatic nitrogens is 2. The van der Waals surface area contributed by atoms with Crippen molar-refractivity contribution in [3.05, 3.63) is 36.0 Å². The van der Waals surface area contributed by atoms with Gasteiger partial charge in [-0.05, 0) is 19.4 Å². The molecule has 2 aromatic heterocycles. The molecule has 0 saturated heterocycles. The molecule has 0 aliphatic carbocycles. The van der Waals surface area contributed by atoms with Crippen LogP contribution in [-0.4, -0.2) is 16.5 Å². The fraction of sp³-hybridized carbons (Fsp3) is 0.385. The number of furan rings is 1. The number of hydrogen-bond donors (Lipinski definition) is 2. The molecule has 0 saturated carbocycles. The van der Waals surface area contributed by atoms with Crippen LogP contribution in [-0.2, 0) is 6.54 Å². The van der Waals surface area contributed by atoms with Crippen molar-refractivity contribution in [2.75, 3.05) is 17.2 Å². The lowest BCUT2D eigenvalue weighted by molar-refractivity contribution is 0.564. The van der Waals surface area contributed by atoms with Gasteiger partial charge in [0.05, 0.1) is 12.5 Å². The maximum absolute atomic E-state index is 5.02. The quantitative estimate of drug-likeness (QED) is 0.820. The summed E-state index contributed by atoms with van der Waals surface area (Å²) >= 11 is 0. The number of rotatable bonds is 6. The first-order valence-corrected chi connectivity index (χ1v) is 6.12. The highest BCUT2D eigenvalue weighted by atomic mass is 16.3. The molecule has 2 heterocycles. The minimum Gasteiger partial charge on any atom is -0.472 e. The van der Waals surface area contributed by atoms with Gasteiger partial charge >= 0.3 is 0 Å². The molecule has 18 heavy (non-hydrogen) atoms. The Kier molecular flexibility index (Phi) is 4.17.